The Balaban J connectivity index is 1.46. The molecule has 0 radical (unpaired) electrons. The number of nitrogens with one attached hydrogen (secondary N) is 1. The first-order chi connectivity index (χ1) is 9.90. The van der Waals surface area contributed by atoms with Gasteiger partial charge in [-0.1, -0.05) is 13.8 Å². The molecule has 4 bridgehead atoms. The first-order valence-corrected chi connectivity index (χ1v) is 8.61. The number of hydrogen-bond donors (Lipinski definition) is 1. The van der Waals surface area contributed by atoms with Crippen LogP contribution in [0.25, 0.3) is 0 Å². The van der Waals surface area contributed by atoms with Crippen molar-refractivity contribution in [2.45, 2.75) is 64.3 Å². The Labute approximate surface area is 128 Å². The lowest BCUT2D eigenvalue weighted by Gasteiger charge is -2.65. The Hall–Kier alpha value is -0.830. The van der Waals surface area contributed by atoms with E-state index in [4.69, 9.17) is 0 Å². The summed E-state index contributed by atoms with van der Waals surface area (Å²) in [6, 6.07) is 2.14. The molecule has 0 aromatic carbocycles. The van der Waals surface area contributed by atoms with Crippen LogP contribution in [0.5, 0.6) is 0 Å². The third-order valence-electron chi connectivity index (χ3n) is 6.43. The minimum Gasteiger partial charge on any atom is -0.311 e. The lowest BCUT2D eigenvalue weighted by molar-refractivity contribution is -0.117. The van der Waals surface area contributed by atoms with E-state index in [0.29, 0.717) is 16.4 Å². The van der Waals surface area contributed by atoms with Crippen molar-refractivity contribution >= 4 is 0 Å². The standard InChI is InChI=1S/C18H29N3/c1-16-8-14-9-17(2,11-16)13-18(10-14,12-16)19-6-4-15-5-7-20-21(15)3/h5,7,14,19H,4,6,8-13H2,1-3H3. The summed E-state index contributed by atoms with van der Waals surface area (Å²) in [5.41, 5.74) is 2.98. The van der Waals surface area contributed by atoms with Crippen molar-refractivity contribution in [2.75, 3.05) is 6.54 Å². The minimum atomic E-state index is 0.432. The van der Waals surface area contributed by atoms with E-state index in [1.54, 1.807) is 0 Å². The second-order valence-corrected chi connectivity index (χ2v) is 9.03. The molecule has 3 nitrogen and oxygen atoms in total. The fraction of sp³-hybridized carbons (Fsp3) is 0.833. The van der Waals surface area contributed by atoms with Crippen molar-refractivity contribution in [3.63, 3.8) is 0 Å². The number of hydrogen-bond acceptors (Lipinski definition) is 2. The maximum Gasteiger partial charge on any atom is 0.0492 e. The van der Waals surface area contributed by atoms with Crippen LogP contribution in [0.1, 0.15) is 58.1 Å². The summed E-state index contributed by atoms with van der Waals surface area (Å²) >= 11 is 0. The average Bonchev–Trinajstić information content (AvgIpc) is 2.70. The van der Waals surface area contributed by atoms with Crippen LogP contribution in [0, 0.1) is 16.7 Å². The van der Waals surface area contributed by atoms with Crippen LogP contribution in [0.15, 0.2) is 12.3 Å². The number of rotatable bonds is 4. The molecule has 1 aromatic rings. The van der Waals surface area contributed by atoms with E-state index in [-0.39, 0.29) is 0 Å². The topological polar surface area (TPSA) is 29.9 Å². The lowest BCUT2D eigenvalue weighted by Crippen LogP contribution is -2.64. The summed E-state index contributed by atoms with van der Waals surface area (Å²) in [5, 5.41) is 8.27. The van der Waals surface area contributed by atoms with Gasteiger partial charge >= 0.3 is 0 Å². The van der Waals surface area contributed by atoms with E-state index in [1.165, 1.54) is 44.2 Å². The summed E-state index contributed by atoms with van der Waals surface area (Å²) in [4.78, 5) is 0. The van der Waals surface area contributed by atoms with E-state index in [2.05, 4.69) is 30.3 Å². The van der Waals surface area contributed by atoms with Gasteiger partial charge in [-0.3, -0.25) is 4.68 Å². The predicted molar refractivity (Wildman–Crippen MR) is 85.1 cm³/mol. The van der Waals surface area contributed by atoms with Crippen molar-refractivity contribution in [3.8, 4) is 0 Å². The molecule has 1 heterocycles. The Kier molecular flexibility index (Phi) is 2.86. The highest BCUT2D eigenvalue weighted by Crippen LogP contribution is 2.66. The van der Waals surface area contributed by atoms with E-state index >= 15 is 0 Å². The van der Waals surface area contributed by atoms with Crippen molar-refractivity contribution in [1.82, 2.24) is 15.1 Å². The highest BCUT2D eigenvalue weighted by molar-refractivity contribution is 5.14. The zero-order valence-corrected chi connectivity index (χ0v) is 13.8. The summed E-state index contributed by atoms with van der Waals surface area (Å²) in [6.45, 7) is 6.19. The Morgan fingerprint density at radius 2 is 1.90 bits per heavy atom. The van der Waals surface area contributed by atoms with Crippen LogP contribution >= 0.6 is 0 Å². The normalized spacial score (nSPS) is 44.4. The van der Waals surface area contributed by atoms with Crippen LogP contribution in [-0.4, -0.2) is 21.9 Å². The van der Waals surface area contributed by atoms with E-state index in [0.717, 1.165) is 18.9 Å². The van der Waals surface area contributed by atoms with Gasteiger partial charge in [0, 0.05) is 37.4 Å². The largest absolute Gasteiger partial charge is 0.311 e. The molecule has 116 valence electrons. The third-order valence-corrected chi connectivity index (χ3v) is 6.43. The van der Waals surface area contributed by atoms with Crippen LogP contribution in [0.3, 0.4) is 0 Å². The monoisotopic (exact) mass is 287 g/mol. The summed E-state index contributed by atoms with van der Waals surface area (Å²) in [6.07, 6.45) is 11.6. The Bertz CT molecular complexity index is 528. The Morgan fingerprint density at radius 3 is 2.48 bits per heavy atom. The third kappa shape index (κ3) is 2.34. The molecule has 1 aromatic heterocycles. The SMILES string of the molecule is Cn1nccc1CCNC12CC3CC(C)(CC(C)(C3)C1)C2. The van der Waals surface area contributed by atoms with Gasteiger partial charge in [0.2, 0.25) is 0 Å². The fourth-order valence-corrected chi connectivity index (χ4v) is 6.75. The van der Waals surface area contributed by atoms with Gasteiger partial charge in [0.05, 0.1) is 0 Å². The first kappa shape index (κ1) is 13.8. The van der Waals surface area contributed by atoms with Gasteiger partial charge in [-0.25, -0.2) is 0 Å². The van der Waals surface area contributed by atoms with Crippen molar-refractivity contribution in [1.29, 1.82) is 0 Å². The zero-order valence-electron chi connectivity index (χ0n) is 13.8. The predicted octanol–water partition coefficient (Wildman–Crippen LogP) is 3.30. The zero-order chi connectivity index (χ0) is 14.7. The van der Waals surface area contributed by atoms with E-state index in [9.17, 15) is 0 Å². The highest BCUT2D eigenvalue weighted by Gasteiger charge is 2.59. The second-order valence-electron chi connectivity index (χ2n) is 9.03. The molecule has 0 aliphatic heterocycles. The molecule has 0 saturated heterocycles. The first-order valence-electron chi connectivity index (χ1n) is 8.61. The van der Waals surface area contributed by atoms with Crippen molar-refractivity contribution < 1.29 is 0 Å². The lowest BCUT2D eigenvalue weighted by atomic mass is 9.43. The minimum absolute atomic E-state index is 0.432. The molecule has 0 spiro atoms. The van der Waals surface area contributed by atoms with Gasteiger partial charge in [0.1, 0.15) is 0 Å². The van der Waals surface area contributed by atoms with E-state index in [1.807, 2.05) is 17.9 Å². The second kappa shape index (κ2) is 4.34. The number of aryl methyl sites for hydroxylation is 1. The van der Waals surface area contributed by atoms with Gasteiger partial charge in [-0.05, 0) is 61.3 Å². The van der Waals surface area contributed by atoms with Gasteiger partial charge in [-0.2, -0.15) is 5.10 Å². The van der Waals surface area contributed by atoms with Gasteiger partial charge in [0.15, 0.2) is 0 Å². The molecule has 4 aliphatic carbocycles. The molecule has 2 atom stereocenters. The average molecular weight is 287 g/mol. The molecule has 21 heavy (non-hydrogen) atoms. The smallest absolute Gasteiger partial charge is 0.0492 e. The molecule has 4 fully saturated rings. The molecule has 5 rings (SSSR count). The summed E-state index contributed by atoms with van der Waals surface area (Å²) in [7, 11) is 2.04. The molecular formula is C18H29N3. The molecule has 1 N–H and O–H groups in total. The molecule has 2 unspecified atom stereocenters. The maximum absolute atomic E-state index is 4.27. The van der Waals surface area contributed by atoms with Crippen LogP contribution in [-0.2, 0) is 13.5 Å². The Morgan fingerprint density at radius 1 is 1.19 bits per heavy atom. The summed E-state index contributed by atoms with van der Waals surface area (Å²) < 4.78 is 2.00. The number of aromatic nitrogens is 2. The molecule has 4 saturated carbocycles. The molecule has 0 amide bonds. The maximum atomic E-state index is 4.27. The number of nitrogens with zero attached hydrogens (tertiary/aromatic N) is 2. The molecule has 3 heteroatoms. The van der Waals surface area contributed by atoms with Crippen LogP contribution < -0.4 is 5.32 Å². The van der Waals surface area contributed by atoms with Crippen LogP contribution in [0.4, 0.5) is 0 Å². The molecule has 4 aliphatic rings. The van der Waals surface area contributed by atoms with Gasteiger partial charge in [-0.15, -0.1) is 0 Å². The fourth-order valence-electron chi connectivity index (χ4n) is 6.75. The quantitative estimate of drug-likeness (QED) is 0.921. The van der Waals surface area contributed by atoms with Crippen LogP contribution in [0.2, 0.25) is 0 Å². The van der Waals surface area contributed by atoms with Crippen molar-refractivity contribution in [2.24, 2.45) is 23.8 Å². The highest BCUT2D eigenvalue weighted by atomic mass is 15.3. The molecular weight excluding hydrogens is 258 g/mol. The van der Waals surface area contributed by atoms with Gasteiger partial charge < -0.3 is 5.32 Å². The summed E-state index contributed by atoms with van der Waals surface area (Å²) in [5.74, 6) is 0.973. The van der Waals surface area contributed by atoms with Gasteiger partial charge in [0.25, 0.3) is 0 Å². The van der Waals surface area contributed by atoms with E-state index < -0.39 is 0 Å². The van der Waals surface area contributed by atoms with Crippen molar-refractivity contribution in [3.05, 3.63) is 18.0 Å².